The van der Waals surface area contributed by atoms with Gasteiger partial charge < -0.3 is 5.32 Å². The number of hydrogen-bond acceptors (Lipinski definition) is 6. The minimum atomic E-state index is -3.63. The number of nitrogens with one attached hydrogen (secondary N) is 2. The van der Waals surface area contributed by atoms with Gasteiger partial charge in [-0.3, -0.25) is 14.5 Å². The number of carbonyl (C=O) groups excluding carboxylic acids is 1. The third-order valence-electron chi connectivity index (χ3n) is 4.22. The lowest BCUT2D eigenvalue weighted by Crippen LogP contribution is -2.28. The molecule has 1 atom stereocenters. The molecule has 3 aromatic rings. The van der Waals surface area contributed by atoms with E-state index in [2.05, 4.69) is 20.0 Å². The SMILES string of the molecule is Cc1cccc2sc(NC(=O)[C@@H](C)N=C3NS(=O)(=O)c4ccccc43)nc12. The number of aryl methyl sites for hydroxylation is 1. The molecule has 0 aliphatic carbocycles. The number of thiazole rings is 1. The van der Waals surface area contributed by atoms with Gasteiger partial charge in [0, 0.05) is 5.56 Å². The number of anilines is 1. The second-order valence-electron chi connectivity index (χ2n) is 6.19. The van der Waals surface area contributed by atoms with Crippen LogP contribution in [0.5, 0.6) is 0 Å². The van der Waals surface area contributed by atoms with E-state index in [-0.39, 0.29) is 16.6 Å². The Morgan fingerprint density at radius 1 is 1.22 bits per heavy atom. The van der Waals surface area contributed by atoms with Crippen LogP contribution in [0.25, 0.3) is 10.2 Å². The highest BCUT2D eigenvalue weighted by molar-refractivity contribution is 7.90. The quantitative estimate of drug-likeness (QED) is 0.706. The molecule has 27 heavy (non-hydrogen) atoms. The summed E-state index contributed by atoms with van der Waals surface area (Å²) in [5, 5.41) is 3.25. The topological polar surface area (TPSA) is 101 Å². The zero-order valence-electron chi connectivity index (χ0n) is 14.6. The van der Waals surface area contributed by atoms with E-state index in [4.69, 9.17) is 0 Å². The van der Waals surface area contributed by atoms with Crippen LogP contribution in [0.3, 0.4) is 0 Å². The summed E-state index contributed by atoms with van der Waals surface area (Å²) >= 11 is 1.39. The van der Waals surface area contributed by atoms with Gasteiger partial charge in [0.05, 0.1) is 15.1 Å². The van der Waals surface area contributed by atoms with Gasteiger partial charge in [-0.05, 0) is 37.6 Å². The molecule has 1 aliphatic rings. The van der Waals surface area contributed by atoms with Crippen molar-refractivity contribution in [3.63, 3.8) is 0 Å². The van der Waals surface area contributed by atoms with Crippen molar-refractivity contribution in [1.29, 1.82) is 0 Å². The molecule has 0 fully saturated rings. The smallest absolute Gasteiger partial charge is 0.263 e. The molecule has 2 aromatic carbocycles. The Morgan fingerprint density at radius 3 is 2.78 bits per heavy atom. The van der Waals surface area contributed by atoms with Crippen LogP contribution in [0.2, 0.25) is 0 Å². The summed E-state index contributed by atoms with van der Waals surface area (Å²) in [5.41, 5.74) is 2.36. The number of para-hydroxylation sites is 1. The van der Waals surface area contributed by atoms with Crippen molar-refractivity contribution >= 4 is 48.5 Å². The lowest BCUT2D eigenvalue weighted by Gasteiger charge is -2.07. The molecule has 9 heteroatoms. The fraction of sp³-hybridized carbons (Fsp3) is 0.167. The van der Waals surface area contributed by atoms with E-state index in [0.29, 0.717) is 10.7 Å². The van der Waals surface area contributed by atoms with Crippen molar-refractivity contribution in [1.82, 2.24) is 9.71 Å². The number of sulfonamides is 1. The number of hydrogen-bond donors (Lipinski definition) is 2. The lowest BCUT2D eigenvalue weighted by atomic mass is 10.2. The molecule has 138 valence electrons. The first-order valence-electron chi connectivity index (χ1n) is 8.22. The second-order valence-corrected chi connectivity index (χ2v) is 8.87. The molecular weight excluding hydrogens is 384 g/mol. The maximum absolute atomic E-state index is 12.5. The Bertz CT molecular complexity index is 1200. The van der Waals surface area contributed by atoms with Crippen LogP contribution in [0.15, 0.2) is 52.4 Å². The highest BCUT2D eigenvalue weighted by atomic mass is 32.2. The molecule has 0 spiro atoms. The number of amidine groups is 1. The minimum Gasteiger partial charge on any atom is -0.300 e. The number of rotatable bonds is 3. The predicted octanol–water partition coefficient (Wildman–Crippen LogP) is 2.67. The van der Waals surface area contributed by atoms with Gasteiger partial charge in [-0.15, -0.1) is 0 Å². The van der Waals surface area contributed by atoms with E-state index in [1.807, 2.05) is 25.1 Å². The molecule has 2 N–H and O–H groups in total. The number of nitrogens with zero attached hydrogens (tertiary/aromatic N) is 2. The fourth-order valence-electron chi connectivity index (χ4n) is 2.83. The van der Waals surface area contributed by atoms with Crippen molar-refractivity contribution in [2.45, 2.75) is 24.8 Å². The molecule has 0 saturated carbocycles. The Morgan fingerprint density at radius 2 is 2.00 bits per heavy atom. The number of amides is 1. The number of aliphatic imine (C=N–C) groups is 1. The zero-order chi connectivity index (χ0) is 19.2. The lowest BCUT2D eigenvalue weighted by molar-refractivity contribution is -0.117. The molecule has 0 radical (unpaired) electrons. The van der Waals surface area contributed by atoms with Gasteiger partial charge >= 0.3 is 0 Å². The molecule has 0 saturated heterocycles. The molecule has 4 rings (SSSR count). The Balaban J connectivity index is 1.58. The van der Waals surface area contributed by atoms with E-state index in [9.17, 15) is 13.2 Å². The van der Waals surface area contributed by atoms with Crippen LogP contribution in [-0.4, -0.2) is 31.2 Å². The average molecular weight is 400 g/mol. The van der Waals surface area contributed by atoms with Crippen LogP contribution < -0.4 is 10.0 Å². The van der Waals surface area contributed by atoms with Crippen LogP contribution in [0, 0.1) is 6.92 Å². The first kappa shape index (κ1) is 17.6. The summed E-state index contributed by atoms with van der Waals surface area (Å²) in [5.74, 6) is -0.184. The summed E-state index contributed by atoms with van der Waals surface area (Å²) in [6, 6.07) is 11.6. The summed E-state index contributed by atoms with van der Waals surface area (Å²) < 4.78 is 27.7. The number of carbonyl (C=O) groups is 1. The summed E-state index contributed by atoms with van der Waals surface area (Å²) in [6.07, 6.45) is 0. The molecule has 1 amide bonds. The van der Waals surface area contributed by atoms with Gasteiger partial charge in [-0.25, -0.2) is 13.4 Å². The molecule has 2 heterocycles. The molecule has 0 unspecified atom stereocenters. The van der Waals surface area contributed by atoms with Crippen molar-refractivity contribution in [3.8, 4) is 0 Å². The molecule has 1 aromatic heterocycles. The number of fused-ring (bicyclic) bond motifs is 2. The Hall–Kier alpha value is -2.78. The van der Waals surface area contributed by atoms with E-state index >= 15 is 0 Å². The standard InChI is InChI=1S/C18H16N4O3S2/c1-10-6-5-8-13-15(10)20-18(26-13)21-17(23)11(2)19-16-12-7-3-4-9-14(12)27(24,25)22-16/h3-9,11H,1-2H3,(H,19,22)(H,20,21,23)/t11-/m1/s1. The third-order valence-corrected chi connectivity index (χ3v) is 6.55. The van der Waals surface area contributed by atoms with Gasteiger partial charge in [0.15, 0.2) is 5.13 Å². The minimum absolute atomic E-state index is 0.165. The first-order chi connectivity index (χ1) is 12.8. The normalized spacial score (nSPS) is 17.5. The zero-order valence-corrected chi connectivity index (χ0v) is 16.2. The average Bonchev–Trinajstić information content (AvgIpc) is 3.15. The Kier molecular flexibility index (Phi) is 4.20. The fourth-order valence-corrected chi connectivity index (χ4v) is 5.02. The van der Waals surface area contributed by atoms with Crippen molar-refractivity contribution in [3.05, 3.63) is 53.6 Å². The van der Waals surface area contributed by atoms with Crippen molar-refractivity contribution in [2.24, 2.45) is 4.99 Å². The van der Waals surface area contributed by atoms with E-state index < -0.39 is 16.1 Å². The maximum Gasteiger partial charge on any atom is 0.263 e. The van der Waals surface area contributed by atoms with Crippen molar-refractivity contribution in [2.75, 3.05) is 5.32 Å². The first-order valence-corrected chi connectivity index (χ1v) is 10.5. The second kappa shape index (κ2) is 6.43. The summed E-state index contributed by atoms with van der Waals surface area (Å²) in [4.78, 5) is 21.4. The van der Waals surface area contributed by atoms with Gasteiger partial charge in [0.2, 0.25) is 0 Å². The molecule has 0 bridgehead atoms. The van der Waals surface area contributed by atoms with Gasteiger partial charge in [0.1, 0.15) is 11.9 Å². The third kappa shape index (κ3) is 3.19. The summed E-state index contributed by atoms with van der Waals surface area (Å²) in [6.45, 7) is 3.57. The van der Waals surface area contributed by atoms with Gasteiger partial charge in [-0.2, -0.15) is 0 Å². The molecule has 7 nitrogen and oxygen atoms in total. The molecule has 1 aliphatic heterocycles. The predicted molar refractivity (Wildman–Crippen MR) is 106 cm³/mol. The van der Waals surface area contributed by atoms with E-state index in [1.165, 1.54) is 17.4 Å². The van der Waals surface area contributed by atoms with Crippen molar-refractivity contribution < 1.29 is 13.2 Å². The number of benzene rings is 2. The van der Waals surface area contributed by atoms with E-state index in [1.54, 1.807) is 25.1 Å². The van der Waals surface area contributed by atoms with E-state index in [0.717, 1.165) is 15.8 Å². The Labute approximate surface area is 160 Å². The summed E-state index contributed by atoms with van der Waals surface area (Å²) in [7, 11) is -3.63. The largest absolute Gasteiger partial charge is 0.300 e. The molecular formula is C18H16N4O3S2. The maximum atomic E-state index is 12.5. The monoisotopic (exact) mass is 400 g/mol. The number of aromatic nitrogens is 1. The van der Waals surface area contributed by atoms with Gasteiger partial charge in [0.25, 0.3) is 15.9 Å². The highest BCUT2D eigenvalue weighted by Crippen LogP contribution is 2.28. The van der Waals surface area contributed by atoms with Crippen LogP contribution in [0.4, 0.5) is 5.13 Å². The highest BCUT2D eigenvalue weighted by Gasteiger charge is 2.31. The van der Waals surface area contributed by atoms with Crippen LogP contribution >= 0.6 is 11.3 Å². The van der Waals surface area contributed by atoms with Crippen LogP contribution in [0.1, 0.15) is 18.1 Å². The van der Waals surface area contributed by atoms with Crippen LogP contribution in [-0.2, 0) is 14.8 Å². The van der Waals surface area contributed by atoms with Gasteiger partial charge in [-0.1, -0.05) is 35.6 Å².